The highest BCUT2D eigenvalue weighted by atomic mass is 16.4. The van der Waals surface area contributed by atoms with Gasteiger partial charge in [-0.3, -0.25) is 9.59 Å². The topological polar surface area (TPSA) is 108 Å². The molecule has 1 aliphatic heterocycles. The summed E-state index contributed by atoms with van der Waals surface area (Å²) < 4.78 is 2.39. The maximum atomic E-state index is 9.00. The maximum absolute atomic E-state index is 9.00. The van der Waals surface area contributed by atoms with Crippen LogP contribution >= 0.6 is 0 Å². The van der Waals surface area contributed by atoms with Crippen LogP contribution in [0.1, 0.15) is 51.6 Å². The van der Waals surface area contributed by atoms with Gasteiger partial charge in [0.05, 0.1) is 0 Å². The number of nitrogens with one attached hydrogen (secondary N) is 1. The van der Waals surface area contributed by atoms with Crippen LogP contribution in [0.4, 0.5) is 0 Å². The van der Waals surface area contributed by atoms with Gasteiger partial charge >= 0.3 is 0 Å². The summed E-state index contributed by atoms with van der Waals surface area (Å²) in [7, 11) is 4.21. The predicted molar refractivity (Wildman–Crippen MR) is 122 cm³/mol. The fourth-order valence-corrected chi connectivity index (χ4v) is 3.55. The number of piperidine rings is 1. The molecule has 2 aromatic rings. The van der Waals surface area contributed by atoms with E-state index >= 15 is 0 Å². The second kappa shape index (κ2) is 13.6. The summed E-state index contributed by atoms with van der Waals surface area (Å²) in [5, 5.41) is 18.4. The van der Waals surface area contributed by atoms with Gasteiger partial charge in [0.15, 0.2) is 0 Å². The minimum absolute atomic E-state index is 0.552. The van der Waals surface area contributed by atoms with E-state index in [1.165, 1.54) is 30.4 Å². The summed E-state index contributed by atoms with van der Waals surface area (Å²) in [5.41, 5.74) is 2.56. The largest absolute Gasteiger partial charge is 0.481 e. The third-order valence-corrected chi connectivity index (χ3v) is 4.71. The number of carbonyl (C=O) groups is 2. The predicted octanol–water partition coefficient (Wildman–Crippen LogP) is 3.50. The molecule has 1 saturated heterocycles. The molecule has 0 radical (unpaired) electrons. The van der Waals surface area contributed by atoms with Gasteiger partial charge in [-0.1, -0.05) is 25.1 Å². The molecular formula is C23H36N4O4. The molecule has 31 heavy (non-hydrogen) atoms. The zero-order valence-corrected chi connectivity index (χ0v) is 19.2. The number of benzene rings is 1. The van der Waals surface area contributed by atoms with Crippen LogP contribution < -0.4 is 5.32 Å². The van der Waals surface area contributed by atoms with Crippen LogP contribution in [-0.4, -0.2) is 63.3 Å². The van der Waals surface area contributed by atoms with E-state index in [2.05, 4.69) is 71.2 Å². The smallest absolute Gasteiger partial charge is 0.300 e. The van der Waals surface area contributed by atoms with E-state index in [0.29, 0.717) is 12.1 Å². The van der Waals surface area contributed by atoms with Crippen LogP contribution in [0.5, 0.6) is 0 Å². The SMILES string of the molecule is CC(=O)O.CC(=O)O.CC[C@@H]1C[C@H](n2ccnc2-c2cccc(CN(C)C)c2)CCN1. The number of nitrogens with zero attached hydrogens (tertiary/aromatic N) is 3. The van der Waals surface area contributed by atoms with E-state index in [-0.39, 0.29) is 0 Å². The fourth-order valence-electron chi connectivity index (χ4n) is 3.55. The summed E-state index contributed by atoms with van der Waals surface area (Å²) in [6, 6.07) is 9.97. The van der Waals surface area contributed by atoms with Gasteiger partial charge in [-0.25, -0.2) is 4.98 Å². The van der Waals surface area contributed by atoms with Crippen LogP contribution in [0.25, 0.3) is 11.4 Å². The highest BCUT2D eigenvalue weighted by Gasteiger charge is 2.23. The van der Waals surface area contributed by atoms with Crippen molar-refractivity contribution in [2.45, 2.75) is 58.7 Å². The Labute approximate surface area is 184 Å². The molecule has 0 amide bonds. The Kier molecular flexibility index (Phi) is 11.5. The Bertz CT molecular complexity index is 799. The average molecular weight is 433 g/mol. The molecule has 3 N–H and O–H groups in total. The van der Waals surface area contributed by atoms with Crippen LogP contribution in [-0.2, 0) is 16.1 Å². The van der Waals surface area contributed by atoms with E-state index in [0.717, 1.165) is 32.8 Å². The van der Waals surface area contributed by atoms with E-state index in [9.17, 15) is 0 Å². The first kappa shape index (κ1) is 26.3. The number of aromatic nitrogens is 2. The number of rotatable bonds is 5. The van der Waals surface area contributed by atoms with E-state index in [1.54, 1.807) is 0 Å². The lowest BCUT2D eigenvalue weighted by Gasteiger charge is -2.31. The quantitative estimate of drug-likeness (QED) is 0.664. The monoisotopic (exact) mass is 432 g/mol. The van der Waals surface area contributed by atoms with Crippen LogP contribution in [0, 0.1) is 0 Å². The zero-order chi connectivity index (χ0) is 23.4. The Hall–Kier alpha value is -2.71. The highest BCUT2D eigenvalue weighted by molar-refractivity contribution is 5.63. The molecule has 0 saturated carbocycles. The summed E-state index contributed by atoms with van der Waals surface area (Å²) in [4.78, 5) is 24.9. The van der Waals surface area contributed by atoms with Gasteiger partial charge in [-0.15, -0.1) is 0 Å². The Morgan fingerprint density at radius 2 is 1.87 bits per heavy atom. The van der Waals surface area contributed by atoms with Crippen molar-refractivity contribution in [1.29, 1.82) is 0 Å². The number of carboxylic acid groups (broad SMARTS) is 2. The third kappa shape index (κ3) is 10.2. The van der Waals surface area contributed by atoms with Crippen LogP contribution in [0.2, 0.25) is 0 Å². The van der Waals surface area contributed by atoms with Gasteiger partial charge in [0, 0.05) is 50.4 Å². The molecule has 0 aliphatic carbocycles. The van der Waals surface area contributed by atoms with Gasteiger partial charge in [-0.05, 0) is 51.5 Å². The van der Waals surface area contributed by atoms with Gasteiger partial charge < -0.3 is 25.0 Å². The Morgan fingerprint density at radius 3 is 2.45 bits per heavy atom. The lowest BCUT2D eigenvalue weighted by atomic mass is 9.97. The first-order valence-corrected chi connectivity index (χ1v) is 10.5. The Balaban J connectivity index is 0.000000519. The average Bonchev–Trinajstić information content (AvgIpc) is 3.17. The molecule has 1 aromatic heterocycles. The standard InChI is InChI=1S/C19H28N4.2C2H4O2/c1-4-17-13-18(8-9-20-17)23-11-10-21-19(23)16-7-5-6-15(12-16)14-22(2)3;2*1-2(3)4/h5-7,10-12,17-18,20H,4,8-9,13-14H2,1-3H3;2*1H3,(H,3,4)/t17-,18-;;/m1../s1. The molecule has 2 atom stereocenters. The van der Waals surface area contributed by atoms with Gasteiger partial charge in [0.2, 0.25) is 0 Å². The highest BCUT2D eigenvalue weighted by Crippen LogP contribution is 2.29. The number of hydrogen-bond donors (Lipinski definition) is 3. The third-order valence-electron chi connectivity index (χ3n) is 4.71. The maximum Gasteiger partial charge on any atom is 0.300 e. The van der Waals surface area contributed by atoms with Crippen LogP contribution in [0.15, 0.2) is 36.7 Å². The summed E-state index contributed by atoms with van der Waals surface area (Å²) in [5.74, 6) is -0.563. The number of imidazole rings is 1. The summed E-state index contributed by atoms with van der Waals surface area (Å²) >= 11 is 0. The first-order chi connectivity index (χ1) is 14.6. The van der Waals surface area contributed by atoms with Crippen molar-refractivity contribution < 1.29 is 19.8 Å². The van der Waals surface area contributed by atoms with E-state index in [4.69, 9.17) is 19.8 Å². The number of carboxylic acids is 2. The second-order valence-corrected chi connectivity index (χ2v) is 7.87. The normalized spacial score (nSPS) is 17.7. The van der Waals surface area contributed by atoms with Crippen molar-refractivity contribution >= 4 is 11.9 Å². The van der Waals surface area contributed by atoms with Gasteiger partial charge in [-0.2, -0.15) is 0 Å². The number of aliphatic carboxylic acids is 2. The molecule has 0 spiro atoms. The molecule has 0 unspecified atom stereocenters. The minimum atomic E-state index is -0.833. The molecule has 2 heterocycles. The van der Waals surface area contributed by atoms with Crippen molar-refractivity contribution in [1.82, 2.24) is 19.8 Å². The van der Waals surface area contributed by atoms with Gasteiger partial charge in [0.25, 0.3) is 11.9 Å². The lowest BCUT2D eigenvalue weighted by Crippen LogP contribution is -2.38. The molecule has 172 valence electrons. The molecule has 1 fully saturated rings. The molecule has 0 bridgehead atoms. The molecule has 8 nitrogen and oxygen atoms in total. The molecule has 3 rings (SSSR count). The molecule has 1 aromatic carbocycles. The lowest BCUT2D eigenvalue weighted by molar-refractivity contribution is -0.135. The van der Waals surface area contributed by atoms with Crippen molar-refractivity contribution in [3.63, 3.8) is 0 Å². The fraction of sp³-hybridized carbons (Fsp3) is 0.522. The van der Waals surface area contributed by atoms with Gasteiger partial charge in [0.1, 0.15) is 5.82 Å². The first-order valence-electron chi connectivity index (χ1n) is 10.5. The summed E-state index contributed by atoms with van der Waals surface area (Å²) in [6.07, 6.45) is 7.65. The molecule has 8 heteroatoms. The van der Waals surface area contributed by atoms with Crippen molar-refractivity contribution in [2.24, 2.45) is 0 Å². The van der Waals surface area contributed by atoms with Crippen LogP contribution in [0.3, 0.4) is 0 Å². The molecule has 1 aliphatic rings. The minimum Gasteiger partial charge on any atom is -0.481 e. The van der Waals surface area contributed by atoms with Crippen molar-refractivity contribution in [3.05, 3.63) is 42.2 Å². The zero-order valence-electron chi connectivity index (χ0n) is 19.2. The molecular weight excluding hydrogens is 396 g/mol. The van der Waals surface area contributed by atoms with Crippen molar-refractivity contribution in [2.75, 3.05) is 20.6 Å². The Morgan fingerprint density at radius 1 is 1.23 bits per heavy atom. The van der Waals surface area contributed by atoms with Crippen molar-refractivity contribution in [3.8, 4) is 11.4 Å². The van der Waals surface area contributed by atoms with E-state index < -0.39 is 11.9 Å². The summed E-state index contributed by atoms with van der Waals surface area (Å²) in [6.45, 7) is 6.49. The van der Waals surface area contributed by atoms with E-state index in [1.807, 2.05) is 6.20 Å². The second-order valence-electron chi connectivity index (χ2n) is 7.87. The number of hydrogen-bond acceptors (Lipinski definition) is 5.